The molecular weight excluding hydrogens is 410 g/mol. The normalized spacial score (nSPS) is 15.6. The molecule has 0 bridgehead atoms. The second-order valence-electron chi connectivity index (χ2n) is 7.44. The van der Waals surface area contributed by atoms with E-state index in [-0.39, 0.29) is 17.3 Å². The number of ketones is 1. The predicted octanol–water partition coefficient (Wildman–Crippen LogP) is 3.53. The molecule has 0 fully saturated rings. The number of ether oxygens (including phenoxy) is 1. The third-order valence-corrected chi connectivity index (χ3v) is 5.41. The minimum Gasteiger partial charge on any atom is -0.496 e. The Hall–Kier alpha value is -4.20. The summed E-state index contributed by atoms with van der Waals surface area (Å²) in [5, 5.41) is 14.7. The number of aromatic carboxylic acids is 1. The molecule has 32 heavy (non-hydrogen) atoms. The van der Waals surface area contributed by atoms with Crippen LogP contribution in [0.5, 0.6) is 5.75 Å². The molecule has 0 aliphatic carbocycles. The summed E-state index contributed by atoms with van der Waals surface area (Å²) < 4.78 is 5.28. The summed E-state index contributed by atoms with van der Waals surface area (Å²) >= 11 is 0. The third kappa shape index (κ3) is 3.90. The van der Waals surface area contributed by atoms with E-state index in [0.717, 1.165) is 5.69 Å². The molecule has 1 aromatic heterocycles. The second kappa shape index (κ2) is 8.50. The van der Waals surface area contributed by atoms with E-state index in [1.807, 2.05) is 0 Å². The van der Waals surface area contributed by atoms with E-state index in [1.54, 1.807) is 55.6 Å². The van der Waals surface area contributed by atoms with Gasteiger partial charge in [-0.25, -0.2) is 9.80 Å². The highest BCUT2D eigenvalue weighted by Gasteiger charge is 2.35. The summed E-state index contributed by atoms with van der Waals surface area (Å²) in [6, 6.07) is 14.7. The molecule has 2 N–H and O–H groups in total. The first-order chi connectivity index (χ1) is 15.4. The van der Waals surface area contributed by atoms with Gasteiger partial charge in [0.1, 0.15) is 5.75 Å². The van der Waals surface area contributed by atoms with Crippen LogP contribution >= 0.6 is 0 Å². The zero-order valence-corrected chi connectivity index (χ0v) is 17.5. The smallest absolute Gasteiger partial charge is 0.335 e. The molecule has 0 saturated carbocycles. The van der Waals surface area contributed by atoms with Crippen LogP contribution in [0.3, 0.4) is 0 Å². The van der Waals surface area contributed by atoms with Crippen molar-refractivity contribution >= 4 is 29.1 Å². The highest BCUT2D eigenvalue weighted by molar-refractivity contribution is 6.15. The summed E-state index contributed by atoms with van der Waals surface area (Å²) in [4.78, 5) is 40.0. The van der Waals surface area contributed by atoms with Gasteiger partial charge in [-0.15, -0.1) is 0 Å². The van der Waals surface area contributed by atoms with Gasteiger partial charge in [0.25, 0.3) is 5.91 Å². The molecule has 2 heterocycles. The summed E-state index contributed by atoms with van der Waals surface area (Å²) in [7, 11) is 1.52. The topological polar surface area (TPSA) is 112 Å². The van der Waals surface area contributed by atoms with Crippen molar-refractivity contribution in [2.45, 2.75) is 13.3 Å². The number of hydrogen-bond acceptors (Lipinski definition) is 5. The van der Waals surface area contributed by atoms with Gasteiger partial charge >= 0.3 is 5.97 Å². The van der Waals surface area contributed by atoms with Gasteiger partial charge in [0.2, 0.25) is 0 Å². The maximum Gasteiger partial charge on any atom is 0.335 e. The van der Waals surface area contributed by atoms with Crippen molar-refractivity contribution < 1.29 is 24.2 Å². The van der Waals surface area contributed by atoms with Crippen LogP contribution in [0.15, 0.2) is 65.9 Å². The average Bonchev–Trinajstić information content (AvgIpc) is 3.39. The van der Waals surface area contributed by atoms with E-state index >= 15 is 0 Å². The number of benzene rings is 2. The molecule has 1 atom stereocenters. The molecule has 8 heteroatoms. The molecule has 4 rings (SSSR count). The fraction of sp³-hybridized carbons (Fsp3) is 0.167. The summed E-state index contributed by atoms with van der Waals surface area (Å²) in [5.74, 6) is -1.40. The van der Waals surface area contributed by atoms with Crippen LogP contribution in [0.4, 0.5) is 5.69 Å². The fourth-order valence-electron chi connectivity index (χ4n) is 3.67. The van der Waals surface area contributed by atoms with Crippen molar-refractivity contribution in [1.82, 2.24) is 4.98 Å². The molecule has 2 aromatic carbocycles. The number of methoxy groups -OCH3 is 1. The second-order valence-corrected chi connectivity index (χ2v) is 7.44. The molecule has 0 radical (unpaired) electrons. The van der Waals surface area contributed by atoms with Gasteiger partial charge < -0.3 is 14.8 Å². The molecule has 1 amide bonds. The fourth-order valence-corrected chi connectivity index (χ4v) is 3.67. The molecule has 3 aromatic rings. The van der Waals surface area contributed by atoms with Gasteiger partial charge in [-0.2, -0.15) is 5.10 Å². The quantitative estimate of drug-likeness (QED) is 0.556. The van der Waals surface area contributed by atoms with Crippen molar-refractivity contribution in [3.05, 3.63) is 83.2 Å². The number of hydrogen-bond donors (Lipinski definition) is 2. The lowest BCUT2D eigenvalue weighted by Gasteiger charge is -2.14. The number of carboxylic acid groups (broad SMARTS) is 1. The number of carbonyl (C=O) groups is 3. The first-order valence-corrected chi connectivity index (χ1v) is 9.96. The summed E-state index contributed by atoms with van der Waals surface area (Å²) in [6.45, 7) is 1.78. The van der Waals surface area contributed by atoms with E-state index in [2.05, 4.69) is 10.1 Å². The Morgan fingerprint density at radius 3 is 2.53 bits per heavy atom. The van der Waals surface area contributed by atoms with E-state index in [9.17, 15) is 14.4 Å². The number of nitrogens with zero attached hydrogens (tertiary/aromatic N) is 2. The van der Waals surface area contributed by atoms with Crippen LogP contribution < -0.4 is 9.75 Å². The maximum atomic E-state index is 13.0. The van der Waals surface area contributed by atoms with Gasteiger partial charge in [-0.1, -0.05) is 12.1 Å². The van der Waals surface area contributed by atoms with Crippen LogP contribution in [0.1, 0.15) is 38.9 Å². The third-order valence-electron chi connectivity index (χ3n) is 5.41. The van der Waals surface area contributed by atoms with E-state index in [1.165, 1.54) is 24.3 Å². The maximum absolute atomic E-state index is 13.0. The number of hydrazone groups is 1. The largest absolute Gasteiger partial charge is 0.496 e. The van der Waals surface area contributed by atoms with Crippen molar-refractivity contribution in [3.8, 4) is 5.75 Å². The molecule has 1 aliphatic rings. The first-order valence-electron chi connectivity index (χ1n) is 9.96. The van der Waals surface area contributed by atoms with Crippen LogP contribution in [-0.2, 0) is 11.2 Å². The first kappa shape index (κ1) is 21.0. The minimum absolute atomic E-state index is 0.135. The number of para-hydroxylation sites is 1. The summed E-state index contributed by atoms with van der Waals surface area (Å²) in [6.07, 6.45) is 1.98. The zero-order valence-electron chi connectivity index (χ0n) is 17.5. The number of carboxylic acids is 1. The van der Waals surface area contributed by atoms with Gasteiger partial charge in [-0.05, 0) is 49.4 Å². The number of carbonyl (C=O) groups excluding carboxylic acids is 2. The monoisotopic (exact) mass is 431 g/mol. The molecule has 1 unspecified atom stereocenters. The van der Waals surface area contributed by atoms with Gasteiger partial charge in [-0.3, -0.25) is 9.59 Å². The van der Waals surface area contributed by atoms with Crippen LogP contribution in [0, 0.1) is 5.92 Å². The Balaban J connectivity index is 1.50. The van der Waals surface area contributed by atoms with E-state index < -0.39 is 11.9 Å². The standard InChI is InChI=1S/C24H21N3O5/c1-14-20(23(29)27(26-14)18-9-7-15(8-10-18)24(30)31)12-17-11-16(13-25-17)22(28)19-5-3-4-6-21(19)32-2/h3-11,13,20,25H,12H2,1-2H3,(H,30,31). The lowest BCUT2D eigenvalue weighted by Crippen LogP contribution is -2.28. The Morgan fingerprint density at radius 1 is 1.12 bits per heavy atom. The van der Waals surface area contributed by atoms with Crippen molar-refractivity contribution in [2.75, 3.05) is 12.1 Å². The van der Waals surface area contributed by atoms with Gasteiger partial charge in [0.05, 0.1) is 29.8 Å². The molecular formula is C24H21N3O5. The highest BCUT2D eigenvalue weighted by atomic mass is 16.5. The Labute approximate surface area is 184 Å². The van der Waals surface area contributed by atoms with Crippen LogP contribution in [-0.4, -0.2) is 40.6 Å². The van der Waals surface area contributed by atoms with Crippen molar-refractivity contribution in [1.29, 1.82) is 0 Å². The van der Waals surface area contributed by atoms with Crippen molar-refractivity contribution in [2.24, 2.45) is 11.0 Å². The molecule has 162 valence electrons. The number of nitrogens with one attached hydrogen (secondary N) is 1. The summed E-state index contributed by atoms with van der Waals surface area (Å²) in [5.41, 5.74) is 2.96. The Bertz CT molecular complexity index is 1230. The molecule has 0 spiro atoms. The lowest BCUT2D eigenvalue weighted by atomic mass is 9.97. The van der Waals surface area contributed by atoms with Crippen molar-refractivity contribution in [3.63, 3.8) is 0 Å². The van der Waals surface area contributed by atoms with Gasteiger partial charge in [0.15, 0.2) is 5.78 Å². The highest BCUT2D eigenvalue weighted by Crippen LogP contribution is 2.27. The number of amides is 1. The minimum atomic E-state index is -1.04. The predicted molar refractivity (Wildman–Crippen MR) is 118 cm³/mol. The molecule has 1 aliphatic heterocycles. The van der Waals surface area contributed by atoms with E-state index in [0.29, 0.717) is 34.7 Å². The van der Waals surface area contributed by atoms with Gasteiger partial charge in [0, 0.05) is 29.6 Å². The molecule has 8 nitrogen and oxygen atoms in total. The number of H-pyrrole nitrogens is 1. The number of aromatic amines is 1. The van der Waals surface area contributed by atoms with Crippen LogP contribution in [0.25, 0.3) is 0 Å². The molecule has 0 saturated heterocycles. The van der Waals surface area contributed by atoms with Crippen LogP contribution in [0.2, 0.25) is 0 Å². The zero-order chi connectivity index (χ0) is 22.8. The average molecular weight is 431 g/mol. The number of aromatic nitrogens is 1. The van der Waals surface area contributed by atoms with E-state index in [4.69, 9.17) is 9.84 Å². The SMILES string of the molecule is COc1ccccc1C(=O)c1c[nH]c(CC2C(=O)N(c3ccc(C(=O)O)cc3)N=C2C)c1. The Morgan fingerprint density at radius 2 is 1.84 bits per heavy atom. The Kier molecular flexibility index (Phi) is 5.59. The number of rotatable bonds is 7. The lowest BCUT2D eigenvalue weighted by molar-refractivity contribution is -0.119. The number of anilines is 1.